The number of hydrogen-bond acceptors (Lipinski definition) is 6. The number of halogens is 3. The fourth-order valence-electron chi connectivity index (χ4n) is 2.42. The van der Waals surface area contributed by atoms with Crippen LogP contribution in [0.1, 0.15) is 15.2 Å². The van der Waals surface area contributed by atoms with Crippen LogP contribution in [0.25, 0.3) is 0 Å². The largest absolute Gasteiger partial charge is 0.465 e. The van der Waals surface area contributed by atoms with Crippen molar-refractivity contribution in [3.63, 3.8) is 0 Å². The second-order valence-corrected chi connectivity index (χ2v) is 6.88. The van der Waals surface area contributed by atoms with Crippen molar-refractivity contribution in [3.8, 4) is 0 Å². The van der Waals surface area contributed by atoms with Gasteiger partial charge in [0.05, 0.1) is 37.1 Å². The molecule has 2 rings (SSSR count). The molecule has 0 aliphatic carbocycles. The molecule has 7 nitrogen and oxygen atoms in total. The van der Waals surface area contributed by atoms with E-state index < -0.39 is 29.5 Å². The molecule has 0 spiro atoms. The van der Waals surface area contributed by atoms with E-state index in [1.165, 1.54) is 37.3 Å². The average Bonchev–Trinajstić information content (AvgIpc) is 3.08. The number of benzene rings is 1. The highest BCUT2D eigenvalue weighted by Gasteiger charge is 2.33. The maximum absolute atomic E-state index is 13.0. The molecule has 0 unspecified atom stereocenters. The van der Waals surface area contributed by atoms with Gasteiger partial charge in [-0.1, -0.05) is 12.1 Å². The molecule has 0 radical (unpaired) electrons. The average molecular weight is 429 g/mol. The van der Waals surface area contributed by atoms with Gasteiger partial charge in [-0.3, -0.25) is 14.5 Å². The molecule has 29 heavy (non-hydrogen) atoms. The second-order valence-electron chi connectivity index (χ2n) is 5.97. The summed E-state index contributed by atoms with van der Waals surface area (Å²) < 4.78 is 43.6. The standard InChI is InChI=1S/C18H18F3N3O4S/c1-24(10-15(26)23-13-7-8-29-16(13)17(27)28-2)9-14(25)22-12-6-4-3-5-11(12)18(19,20)21/h3-8H,9-10H2,1-2H3,(H,22,25)(H,23,26). The molecule has 1 aromatic heterocycles. The molecule has 2 N–H and O–H groups in total. The van der Waals surface area contributed by atoms with Gasteiger partial charge >= 0.3 is 12.1 Å². The first kappa shape index (κ1) is 22.4. The maximum Gasteiger partial charge on any atom is 0.418 e. The Hall–Kier alpha value is -2.92. The number of nitrogens with zero attached hydrogens (tertiary/aromatic N) is 1. The summed E-state index contributed by atoms with van der Waals surface area (Å²) in [5.41, 5.74) is -1.03. The smallest absolute Gasteiger partial charge is 0.418 e. The number of nitrogens with one attached hydrogen (secondary N) is 2. The monoisotopic (exact) mass is 429 g/mol. The normalized spacial score (nSPS) is 11.2. The molecule has 1 heterocycles. The first-order valence-corrected chi connectivity index (χ1v) is 9.10. The zero-order valence-corrected chi connectivity index (χ0v) is 16.3. The molecule has 156 valence electrons. The van der Waals surface area contributed by atoms with Crippen LogP contribution in [0.15, 0.2) is 35.7 Å². The number of hydrogen-bond donors (Lipinski definition) is 2. The van der Waals surface area contributed by atoms with Crippen LogP contribution in [0.4, 0.5) is 24.5 Å². The lowest BCUT2D eigenvalue weighted by molar-refractivity contribution is -0.137. The van der Waals surface area contributed by atoms with Crippen LogP contribution >= 0.6 is 11.3 Å². The maximum atomic E-state index is 13.0. The molecule has 0 saturated carbocycles. The van der Waals surface area contributed by atoms with Gasteiger partial charge in [0.1, 0.15) is 4.88 Å². The van der Waals surface area contributed by atoms with Crippen LogP contribution in [-0.4, -0.2) is 49.9 Å². The summed E-state index contributed by atoms with van der Waals surface area (Å²) in [6.07, 6.45) is -4.60. The number of anilines is 2. The number of amides is 2. The lowest BCUT2D eigenvalue weighted by atomic mass is 10.1. The number of carbonyl (C=O) groups excluding carboxylic acids is 3. The van der Waals surface area contributed by atoms with Gasteiger partial charge in [-0.15, -0.1) is 11.3 Å². The lowest BCUT2D eigenvalue weighted by Crippen LogP contribution is -2.36. The van der Waals surface area contributed by atoms with Gasteiger partial charge in [-0.25, -0.2) is 4.79 Å². The number of alkyl halides is 3. The van der Waals surface area contributed by atoms with Crippen LogP contribution in [0.2, 0.25) is 0 Å². The van der Waals surface area contributed by atoms with Crippen LogP contribution in [-0.2, 0) is 20.5 Å². The Kier molecular flexibility index (Phi) is 7.35. The second kappa shape index (κ2) is 9.52. The quantitative estimate of drug-likeness (QED) is 0.661. The zero-order chi connectivity index (χ0) is 21.6. The number of esters is 1. The third kappa shape index (κ3) is 6.29. The van der Waals surface area contributed by atoms with E-state index in [4.69, 9.17) is 0 Å². The van der Waals surface area contributed by atoms with Crippen molar-refractivity contribution in [1.29, 1.82) is 0 Å². The van der Waals surface area contributed by atoms with E-state index in [0.29, 0.717) is 0 Å². The van der Waals surface area contributed by atoms with Gasteiger partial charge in [0, 0.05) is 0 Å². The van der Waals surface area contributed by atoms with Crippen molar-refractivity contribution in [1.82, 2.24) is 4.90 Å². The van der Waals surface area contributed by atoms with Gasteiger partial charge in [0.2, 0.25) is 11.8 Å². The van der Waals surface area contributed by atoms with Gasteiger partial charge in [0.25, 0.3) is 0 Å². The van der Waals surface area contributed by atoms with Crippen LogP contribution in [0.3, 0.4) is 0 Å². The van der Waals surface area contributed by atoms with Gasteiger partial charge in [-0.05, 0) is 30.6 Å². The number of methoxy groups -OCH3 is 1. The molecule has 0 atom stereocenters. The molecule has 0 aliphatic rings. The molecule has 11 heteroatoms. The predicted molar refractivity (Wildman–Crippen MR) is 102 cm³/mol. The van der Waals surface area contributed by atoms with Crippen molar-refractivity contribution in [2.24, 2.45) is 0 Å². The summed E-state index contributed by atoms with van der Waals surface area (Å²) in [4.78, 5) is 37.4. The lowest BCUT2D eigenvalue weighted by Gasteiger charge is -2.17. The van der Waals surface area contributed by atoms with Crippen molar-refractivity contribution in [2.45, 2.75) is 6.18 Å². The van der Waals surface area contributed by atoms with E-state index in [-0.39, 0.29) is 29.3 Å². The molecule has 2 amide bonds. The summed E-state index contributed by atoms with van der Waals surface area (Å²) >= 11 is 1.10. The predicted octanol–water partition coefficient (Wildman–Crippen LogP) is 3.06. The number of ether oxygens (including phenoxy) is 1. The Morgan fingerprint density at radius 2 is 1.62 bits per heavy atom. The Morgan fingerprint density at radius 3 is 2.21 bits per heavy atom. The summed E-state index contributed by atoms with van der Waals surface area (Å²) in [6.45, 7) is -0.530. The van der Waals surface area contributed by atoms with E-state index in [1.54, 1.807) is 5.38 Å². The number of rotatable bonds is 7. The zero-order valence-electron chi connectivity index (χ0n) is 15.5. The van der Waals surface area contributed by atoms with E-state index in [9.17, 15) is 27.6 Å². The van der Waals surface area contributed by atoms with E-state index in [2.05, 4.69) is 15.4 Å². The fourth-order valence-corrected chi connectivity index (χ4v) is 3.19. The Balaban J connectivity index is 1.92. The molecular weight excluding hydrogens is 411 g/mol. The summed E-state index contributed by atoms with van der Waals surface area (Å²) in [5.74, 6) is -1.80. The highest BCUT2D eigenvalue weighted by molar-refractivity contribution is 7.12. The van der Waals surface area contributed by atoms with Gasteiger partial charge in [0.15, 0.2) is 0 Å². The molecule has 0 saturated heterocycles. The molecular formula is C18H18F3N3O4S. The van der Waals surface area contributed by atoms with Crippen molar-refractivity contribution in [3.05, 3.63) is 46.2 Å². The number of para-hydroxylation sites is 1. The minimum absolute atomic E-state index is 0.217. The van der Waals surface area contributed by atoms with Crippen LogP contribution in [0.5, 0.6) is 0 Å². The summed E-state index contributed by atoms with van der Waals surface area (Å²) in [6, 6.07) is 6.16. The first-order chi connectivity index (χ1) is 13.6. The SMILES string of the molecule is COC(=O)c1sccc1NC(=O)CN(C)CC(=O)Nc1ccccc1C(F)(F)F. The molecule has 0 aliphatic heterocycles. The topological polar surface area (TPSA) is 87.7 Å². The van der Waals surface area contributed by atoms with Crippen LogP contribution < -0.4 is 10.6 Å². The molecule has 1 aromatic carbocycles. The van der Waals surface area contributed by atoms with E-state index >= 15 is 0 Å². The molecule has 0 fully saturated rings. The van der Waals surface area contributed by atoms with Gasteiger partial charge < -0.3 is 15.4 Å². The van der Waals surface area contributed by atoms with Crippen molar-refractivity contribution >= 4 is 40.5 Å². The van der Waals surface area contributed by atoms with Crippen LogP contribution in [0, 0.1) is 0 Å². The van der Waals surface area contributed by atoms with Gasteiger partial charge in [-0.2, -0.15) is 13.2 Å². The van der Waals surface area contributed by atoms with E-state index in [0.717, 1.165) is 23.5 Å². The minimum Gasteiger partial charge on any atom is -0.465 e. The minimum atomic E-state index is -4.60. The number of thiophene rings is 1. The molecule has 0 bridgehead atoms. The Labute approximate surface area is 168 Å². The fraction of sp³-hybridized carbons (Fsp3) is 0.278. The highest BCUT2D eigenvalue weighted by Crippen LogP contribution is 2.34. The Morgan fingerprint density at radius 1 is 1.03 bits per heavy atom. The summed E-state index contributed by atoms with van der Waals surface area (Å²) in [5, 5.41) is 6.35. The van der Waals surface area contributed by atoms with E-state index in [1.807, 2.05) is 0 Å². The summed E-state index contributed by atoms with van der Waals surface area (Å²) in [7, 11) is 2.68. The van der Waals surface area contributed by atoms with Crippen molar-refractivity contribution in [2.75, 3.05) is 37.9 Å². The van der Waals surface area contributed by atoms with Crippen molar-refractivity contribution < 1.29 is 32.3 Å². The molecule has 2 aromatic rings. The third-order valence-electron chi connectivity index (χ3n) is 3.64. The Bertz CT molecular complexity index is 898. The number of carbonyl (C=O) groups is 3. The number of likely N-dealkylation sites (N-methyl/N-ethyl adjacent to an activating group) is 1. The third-order valence-corrected chi connectivity index (χ3v) is 4.54. The highest BCUT2D eigenvalue weighted by atomic mass is 32.1. The first-order valence-electron chi connectivity index (χ1n) is 8.22.